The summed E-state index contributed by atoms with van der Waals surface area (Å²) in [5.41, 5.74) is 4.06. The first-order valence-electron chi connectivity index (χ1n) is 10.2. The zero-order valence-electron chi connectivity index (χ0n) is 17.9. The van der Waals surface area contributed by atoms with Crippen LogP contribution in [0, 0.1) is 0 Å². The fourth-order valence-electron chi connectivity index (χ4n) is 3.53. The maximum atomic E-state index is 12.4. The van der Waals surface area contributed by atoms with Crippen molar-refractivity contribution in [1.82, 2.24) is 4.90 Å². The van der Waals surface area contributed by atoms with E-state index in [1.807, 2.05) is 36.4 Å². The van der Waals surface area contributed by atoms with E-state index < -0.39 is 0 Å². The second-order valence-electron chi connectivity index (χ2n) is 8.74. The third-order valence-electron chi connectivity index (χ3n) is 5.41. The molecule has 1 fully saturated rings. The predicted molar refractivity (Wildman–Crippen MR) is 119 cm³/mol. The third-order valence-corrected chi connectivity index (χ3v) is 5.41. The molecule has 0 bridgehead atoms. The van der Waals surface area contributed by atoms with Crippen molar-refractivity contribution in [3.8, 4) is 0 Å². The fourth-order valence-corrected chi connectivity index (χ4v) is 3.53. The average molecular weight is 394 g/mol. The van der Waals surface area contributed by atoms with Gasteiger partial charge in [-0.2, -0.15) is 0 Å². The fraction of sp³-hybridized carbons (Fsp3) is 0.417. The molecule has 3 rings (SSSR count). The standard InChI is InChI=1S/C24H31N3O2/c1-18(28)19-5-11-22(12-6-19)27-15-13-26(14-16-27)17-23(29)25-21-9-7-20(8-10-21)24(2,3)4/h5-12H,13-17H2,1-4H3,(H,25,29). The van der Waals surface area contributed by atoms with Crippen LogP contribution in [0.4, 0.5) is 11.4 Å². The molecule has 1 saturated heterocycles. The topological polar surface area (TPSA) is 52.7 Å². The first kappa shape index (κ1) is 21.1. The van der Waals surface area contributed by atoms with Crippen LogP contribution in [0.3, 0.4) is 0 Å². The first-order valence-corrected chi connectivity index (χ1v) is 10.2. The van der Waals surface area contributed by atoms with Gasteiger partial charge in [0.05, 0.1) is 6.54 Å². The highest BCUT2D eigenvalue weighted by molar-refractivity contribution is 5.94. The zero-order chi connectivity index (χ0) is 21.0. The maximum Gasteiger partial charge on any atom is 0.238 e. The van der Waals surface area contributed by atoms with Crippen molar-refractivity contribution >= 4 is 23.1 Å². The number of hydrogen-bond acceptors (Lipinski definition) is 4. The van der Waals surface area contributed by atoms with Crippen LogP contribution in [0.1, 0.15) is 43.6 Å². The first-order chi connectivity index (χ1) is 13.7. The number of amides is 1. The number of carbonyl (C=O) groups excluding carboxylic acids is 2. The molecule has 2 aromatic rings. The lowest BCUT2D eigenvalue weighted by molar-refractivity contribution is -0.117. The quantitative estimate of drug-likeness (QED) is 0.782. The van der Waals surface area contributed by atoms with Crippen molar-refractivity contribution < 1.29 is 9.59 Å². The van der Waals surface area contributed by atoms with Crippen molar-refractivity contribution in [1.29, 1.82) is 0 Å². The molecule has 0 saturated carbocycles. The van der Waals surface area contributed by atoms with Crippen LogP contribution in [0.25, 0.3) is 0 Å². The van der Waals surface area contributed by atoms with Gasteiger partial charge in [-0.3, -0.25) is 14.5 Å². The molecule has 0 unspecified atom stereocenters. The van der Waals surface area contributed by atoms with Gasteiger partial charge in [-0.25, -0.2) is 0 Å². The van der Waals surface area contributed by atoms with E-state index in [0.717, 1.165) is 43.1 Å². The lowest BCUT2D eigenvalue weighted by atomic mass is 9.87. The molecule has 0 radical (unpaired) electrons. The minimum absolute atomic E-state index is 0.0211. The highest BCUT2D eigenvalue weighted by atomic mass is 16.2. The van der Waals surface area contributed by atoms with Crippen molar-refractivity contribution in [2.45, 2.75) is 33.1 Å². The van der Waals surface area contributed by atoms with Crippen LogP contribution in [0.5, 0.6) is 0 Å². The summed E-state index contributed by atoms with van der Waals surface area (Å²) in [7, 11) is 0. The van der Waals surface area contributed by atoms with Crippen LogP contribution >= 0.6 is 0 Å². The number of rotatable bonds is 5. The summed E-state index contributed by atoms with van der Waals surface area (Å²) < 4.78 is 0. The lowest BCUT2D eigenvalue weighted by Crippen LogP contribution is -2.48. The number of anilines is 2. The summed E-state index contributed by atoms with van der Waals surface area (Å²) in [6, 6.07) is 15.9. The largest absolute Gasteiger partial charge is 0.369 e. The van der Waals surface area contributed by atoms with Gasteiger partial charge in [0.1, 0.15) is 0 Å². The van der Waals surface area contributed by atoms with Crippen LogP contribution in [0.15, 0.2) is 48.5 Å². The molecular formula is C24H31N3O2. The minimum atomic E-state index is 0.0211. The Morgan fingerprint density at radius 2 is 1.48 bits per heavy atom. The highest BCUT2D eigenvalue weighted by Crippen LogP contribution is 2.23. The van der Waals surface area contributed by atoms with Crippen molar-refractivity contribution in [2.75, 3.05) is 42.9 Å². The number of nitrogens with zero attached hydrogens (tertiary/aromatic N) is 2. The summed E-state index contributed by atoms with van der Waals surface area (Å²) >= 11 is 0. The molecule has 154 valence electrons. The Bertz CT molecular complexity index is 843. The maximum absolute atomic E-state index is 12.4. The predicted octanol–water partition coefficient (Wildman–Crippen LogP) is 3.95. The number of benzene rings is 2. The van der Waals surface area contributed by atoms with Gasteiger partial charge in [-0.1, -0.05) is 32.9 Å². The Morgan fingerprint density at radius 1 is 0.897 bits per heavy atom. The average Bonchev–Trinajstić information content (AvgIpc) is 2.68. The van der Waals surface area contributed by atoms with Crippen molar-refractivity contribution in [3.63, 3.8) is 0 Å². The van der Waals surface area contributed by atoms with Gasteiger partial charge in [0, 0.05) is 43.1 Å². The van der Waals surface area contributed by atoms with E-state index in [1.54, 1.807) is 6.92 Å². The van der Waals surface area contributed by atoms with E-state index >= 15 is 0 Å². The van der Waals surface area contributed by atoms with E-state index in [-0.39, 0.29) is 17.1 Å². The summed E-state index contributed by atoms with van der Waals surface area (Å²) in [4.78, 5) is 28.3. The van der Waals surface area contributed by atoms with Gasteiger partial charge < -0.3 is 10.2 Å². The normalized spacial score (nSPS) is 15.2. The number of Topliss-reactive ketones (excluding diaryl/α,β-unsaturated/α-hetero) is 1. The molecule has 0 atom stereocenters. The smallest absolute Gasteiger partial charge is 0.238 e. The summed E-state index contributed by atoms with van der Waals surface area (Å²) in [6.45, 7) is 11.9. The molecule has 0 aromatic heterocycles. The number of piperazine rings is 1. The molecular weight excluding hydrogens is 362 g/mol. The van der Waals surface area contributed by atoms with Gasteiger partial charge in [0.2, 0.25) is 5.91 Å². The number of ketones is 1. The van der Waals surface area contributed by atoms with E-state index in [1.165, 1.54) is 5.56 Å². The van der Waals surface area contributed by atoms with Crippen molar-refractivity contribution in [2.24, 2.45) is 0 Å². The second kappa shape index (κ2) is 8.78. The molecule has 1 heterocycles. The molecule has 2 aromatic carbocycles. The molecule has 1 aliphatic heterocycles. The molecule has 5 nitrogen and oxygen atoms in total. The van der Waals surface area contributed by atoms with E-state index in [0.29, 0.717) is 6.54 Å². The molecule has 1 N–H and O–H groups in total. The lowest BCUT2D eigenvalue weighted by Gasteiger charge is -2.35. The Balaban J connectivity index is 1.47. The highest BCUT2D eigenvalue weighted by Gasteiger charge is 2.20. The molecule has 29 heavy (non-hydrogen) atoms. The molecule has 5 heteroatoms. The second-order valence-corrected chi connectivity index (χ2v) is 8.74. The van der Waals surface area contributed by atoms with Crippen LogP contribution in [-0.2, 0) is 10.2 Å². The van der Waals surface area contributed by atoms with Gasteiger partial charge in [0.25, 0.3) is 0 Å². The Kier molecular flexibility index (Phi) is 6.38. The monoisotopic (exact) mass is 393 g/mol. The summed E-state index contributed by atoms with van der Waals surface area (Å²) in [6.07, 6.45) is 0. The molecule has 0 spiro atoms. The Hall–Kier alpha value is -2.66. The number of nitrogens with one attached hydrogen (secondary N) is 1. The van der Waals surface area contributed by atoms with Gasteiger partial charge >= 0.3 is 0 Å². The van der Waals surface area contributed by atoms with Gasteiger partial charge in [-0.05, 0) is 54.3 Å². The zero-order valence-corrected chi connectivity index (χ0v) is 17.9. The van der Waals surface area contributed by atoms with E-state index in [9.17, 15) is 9.59 Å². The van der Waals surface area contributed by atoms with Gasteiger partial charge in [0.15, 0.2) is 5.78 Å². The van der Waals surface area contributed by atoms with Crippen LogP contribution in [-0.4, -0.2) is 49.3 Å². The molecule has 1 amide bonds. The third kappa shape index (κ3) is 5.67. The van der Waals surface area contributed by atoms with Gasteiger partial charge in [-0.15, -0.1) is 0 Å². The van der Waals surface area contributed by atoms with E-state index in [2.05, 4.69) is 48.0 Å². The molecule has 0 aliphatic carbocycles. The number of carbonyl (C=O) groups is 2. The SMILES string of the molecule is CC(=O)c1ccc(N2CCN(CC(=O)Nc3ccc(C(C)(C)C)cc3)CC2)cc1. The minimum Gasteiger partial charge on any atom is -0.369 e. The van der Waals surface area contributed by atoms with Crippen molar-refractivity contribution in [3.05, 3.63) is 59.7 Å². The van der Waals surface area contributed by atoms with Crippen LogP contribution in [0.2, 0.25) is 0 Å². The summed E-state index contributed by atoms with van der Waals surface area (Å²) in [5, 5.41) is 3.00. The Morgan fingerprint density at radius 3 is 2.00 bits per heavy atom. The van der Waals surface area contributed by atoms with E-state index in [4.69, 9.17) is 0 Å². The molecule has 1 aliphatic rings. The number of hydrogen-bond donors (Lipinski definition) is 1. The Labute approximate surface area is 173 Å². The van der Waals surface area contributed by atoms with Crippen LogP contribution < -0.4 is 10.2 Å². The summed E-state index contributed by atoms with van der Waals surface area (Å²) in [5.74, 6) is 0.105.